The zero-order chi connectivity index (χ0) is 11.4. The summed E-state index contributed by atoms with van der Waals surface area (Å²) in [5.41, 5.74) is 0. The van der Waals surface area contributed by atoms with Gasteiger partial charge in [-0.25, -0.2) is 0 Å². The highest BCUT2D eigenvalue weighted by Gasteiger charge is 1.98. The minimum atomic E-state index is -0.127. The predicted octanol–water partition coefficient (Wildman–Crippen LogP) is 1.89. The van der Waals surface area contributed by atoms with Crippen molar-refractivity contribution in [3.63, 3.8) is 0 Å². The standard InChI is InChI=1S/C12H20O3/c1-15-12(14)10-8-6-4-2-3-5-7-9-11-13/h13H,2-4,6,8-11H2,1H3. The number of rotatable bonds is 7. The normalized spacial score (nSPS) is 9.20. The van der Waals surface area contributed by atoms with Crippen molar-refractivity contribution in [2.24, 2.45) is 0 Å². The van der Waals surface area contributed by atoms with Crippen LogP contribution in [0.25, 0.3) is 0 Å². The number of esters is 1. The molecule has 0 bridgehead atoms. The van der Waals surface area contributed by atoms with Gasteiger partial charge in [0.1, 0.15) is 0 Å². The Hall–Kier alpha value is -1.01. The molecule has 0 saturated heterocycles. The Bertz CT molecular complexity index is 213. The Balaban J connectivity index is 3.12. The summed E-state index contributed by atoms with van der Waals surface area (Å²) < 4.78 is 4.54. The van der Waals surface area contributed by atoms with E-state index >= 15 is 0 Å². The van der Waals surface area contributed by atoms with Crippen LogP contribution in [0.5, 0.6) is 0 Å². The van der Waals surface area contributed by atoms with Crippen molar-refractivity contribution < 1.29 is 14.6 Å². The van der Waals surface area contributed by atoms with Crippen LogP contribution in [0.2, 0.25) is 0 Å². The molecular formula is C12H20O3. The molecule has 3 nitrogen and oxygen atoms in total. The van der Waals surface area contributed by atoms with E-state index in [4.69, 9.17) is 5.11 Å². The maximum atomic E-state index is 10.8. The van der Waals surface area contributed by atoms with Crippen LogP contribution in [0.15, 0.2) is 0 Å². The first kappa shape index (κ1) is 14.0. The van der Waals surface area contributed by atoms with E-state index in [0.29, 0.717) is 12.8 Å². The number of methoxy groups -OCH3 is 1. The average Bonchev–Trinajstić information content (AvgIpc) is 2.26. The monoisotopic (exact) mass is 212 g/mol. The summed E-state index contributed by atoms with van der Waals surface area (Å²) >= 11 is 0. The van der Waals surface area contributed by atoms with Crippen molar-refractivity contribution in [2.45, 2.75) is 44.9 Å². The number of hydrogen-bond acceptors (Lipinski definition) is 3. The van der Waals surface area contributed by atoms with Crippen LogP contribution in [0.1, 0.15) is 44.9 Å². The van der Waals surface area contributed by atoms with Crippen molar-refractivity contribution in [3.8, 4) is 11.8 Å². The number of hydrogen-bond donors (Lipinski definition) is 1. The second kappa shape index (κ2) is 11.1. The molecule has 15 heavy (non-hydrogen) atoms. The van der Waals surface area contributed by atoms with Gasteiger partial charge in [0.2, 0.25) is 0 Å². The van der Waals surface area contributed by atoms with Gasteiger partial charge in [-0.15, -0.1) is 11.8 Å². The molecule has 0 aliphatic carbocycles. The highest BCUT2D eigenvalue weighted by Crippen LogP contribution is 2.05. The van der Waals surface area contributed by atoms with Crippen LogP contribution >= 0.6 is 0 Å². The van der Waals surface area contributed by atoms with Crippen molar-refractivity contribution >= 4 is 5.97 Å². The lowest BCUT2D eigenvalue weighted by Gasteiger charge is -1.98. The summed E-state index contributed by atoms with van der Waals surface area (Å²) in [6.07, 6.45) is 6.10. The molecule has 86 valence electrons. The molecule has 0 saturated carbocycles. The van der Waals surface area contributed by atoms with E-state index < -0.39 is 0 Å². The minimum absolute atomic E-state index is 0.127. The molecule has 0 rings (SSSR count). The second-order valence-corrected chi connectivity index (χ2v) is 3.32. The fraction of sp³-hybridized carbons (Fsp3) is 0.750. The first-order chi connectivity index (χ1) is 7.31. The van der Waals surface area contributed by atoms with Gasteiger partial charge in [-0.05, 0) is 12.8 Å². The highest BCUT2D eigenvalue weighted by atomic mass is 16.5. The lowest BCUT2D eigenvalue weighted by molar-refractivity contribution is -0.140. The van der Waals surface area contributed by atoms with Gasteiger partial charge < -0.3 is 9.84 Å². The fourth-order valence-electron chi connectivity index (χ4n) is 1.17. The molecule has 0 fully saturated rings. The molecule has 0 unspecified atom stereocenters. The summed E-state index contributed by atoms with van der Waals surface area (Å²) in [5, 5.41) is 8.47. The third-order valence-corrected chi connectivity index (χ3v) is 2.02. The third kappa shape index (κ3) is 10.9. The molecule has 0 aromatic carbocycles. The van der Waals surface area contributed by atoms with E-state index in [1.54, 1.807) is 0 Å². The summed E-state index contributed by atoms with van der Waals surface area (Å²) in [5.74, 6) is 5.75. The Kier molecular flexibility index (Phi) is 10.3. The summed E-state index contributed by atoms with van der Waals surface area (Å²) in [7, 11) is 1.42. The van der Waals surface area contributed by atoms with Gasteiger partial charge in [0.15, 0.2) is 0 Å². The van der Waals surface area contributed by atoms with E-state index in [9.17, 15) is 4.79 Å². The SMILES string of the molecule is COC(=O)CCCCCCC#CCCO. The van der Waals surface area contributed by atoms with Gasteiger partial charge in [0.05, 0.1) is 13.7 Å². The Morgan fingerprint density at radius 2 is 1.80 bits per heavy atom. The summed E-state index contributed by atoms with van der Waals surface area (Å²) in [6, 6.07) is 0. The Labute approximate surface area is 91.8 Å². The molecule has 0 aliphatic rings. The van der Waals surface area contributed by atoms with Crippen LogP contribution in [0.3, 0.4) is 0 Å². The molecule has 0 heterocycles. The molecule has 0 aliphatic heterocycles. The zero-order valence-corrected chi connectivity index (χ0v) is 9.42. The van der Waals surface area contributed by atoms with Gasteiger partial charge in [0.25, 0.3) is 0 Å². The van der Waals surface area contributed by atoms with E-state index in [1.807, 2.05) is 0 Å². The minimum Gasteiger partial charge on any atom is -0.469 e. The number of aliphatic hydroxyl groups is 1. The molecule has 0 aromatic rings. The van der Waals surface area contributed by atoms with Crippen LogP contribution in [-0.4, -0.2) is 24.8 Å². The van der Waals surface area contributed by atoms with Crippen LogP contribution < -0.4 is 0 Å². The molecule has 0 aromatic heterocycles. The van der Waals surface area contributed by atoms with Crippen molar-refractivity contribution in [3.05, 3.63) is 0 Å². The van der Waals surface area contributed by atoms with Gasteiger partial charge in [-0.3, -0.25) is 4.79 Å². The fourth-order valence-corrected chi connectivity index (χ4v) is 1.17. The zero-order valence-electron chi connectivity index (χ0n) is 9.42. The maximum absolute atomic E-state index is 10.8. The Morgan fingerprint density at radius 1 is 1.13 bits per heavy atom. The van der Waals surface area contributed by atoms with E-state index in [2.05, 4.69) is 16.6 Å². The number of unbranched alkanes of at least 4 members (excludes halogenated alkanes) is 4. The number of carbonyl (C=O) groups is 1. The predicted molar refractivity (Wildman–Crippen MR) is 59.2 cm³/mol. The largest absolute Gasteiger partial charge is 0.469 e. The maximum Gasteiger partial charge on any atom is 0.305 e. The first-order valence-electron chi connectivity index (χ1n) is 5.44. The van der Waals surface area contributed by atoms with Crippen LogP contribution in [-0.2, 0) is 9.53 Å². The lowest BCUT2D eigenvalue weighted by atomic mass is 10.1. The molecule has 0 radical (unpaired) electrons. The molecule has 3 heteroatoms. The number of ether oxygens (including phenoxy) is 1. The quantitative estimate of drug-likeness (QED) is 0.398. The molecule has 1 N–H and O–H groups in total. The summed E-state index contributed by atoms with van der Waals surface area (Å²) in [4.78, 5) is 10.8. The van der Waals surface area contributed by atoms with Crippen LogP contribution in [0, 0.1) is 11.8 Å². The topological polar surface area (TPSA) is 46.5 Å². The lowest BCUT2D eigenvalue weighted by Crippen LogP contribution is -1.98. The smallest absolute Gasteiger partial charge is 0.305 e. The van der Waals surface area contributed by atoms with Crippen LogP contribution in [0.4, 0.5) is 0 Å². The third-order valence-electron chi connectivity index (χ3n) is 2.02. The Morgan fingerprint density at radius 3 is 2.47 bits per heavy atom. The number of aliphatic hydroxyl groups excluding tert-OH is 1. The van der Waals surface area contributed by atoms with Crippen molar-refractivity contribution in [2.75, 3.05) is 13.7 Å². The molecule has 0 atom stereocenters. The van der Waals surface area contributed by atoms with E-state index in [0.717, 1.165) is 32.1 Å². The highest BCUT2D eigenvalue weighted by molar-refractivity contribution is 5.68. The van der Waals surface area contributed by atoms with Crippen molar-refractivity contribution in [1.82, 2.24) is 0 Å². The second-order valence-electron chi connectivity index (χ2n) is 3.32. The van der Waals surface area contributed by atoms with Crippen molar-refractivity contribution in [1.29, 1.82) is 0 Å². The molecule has 0 amide bonds. The van der Waals surface area contributed by atoms with Gasteiger partial charge in [-0.2, -0.15) is 0 Å². The van der Waals surface area contributed by atoms with Gasteiger partial charge in [-0.1, -0.05) is 12.8 Å². The first-order valence-corrected chi connectivity index (χ1v) is 5.44. The van der Waals surface area contributed by atoms with Gasteiger partial charge >= 0.3 is 5.97 Å². The average molecular weight is 212 g/mol. The van der Waals surface area contributed by atoms with E-state index in [1.165, 1.54) is 7.11 Å². The molecular weight excluding hydrogens is 192 g/mol. The summed E-state index contributed by atoms with van der Waals surface area (Å²) in [6.45, 7) is 0.145. The molecule has 0 spiro atoms. The van der Waals surface area contributed by atoms with E-state index in [-0.39, 0.29) is 12.6 Å². The van der Waals surface area contributed by atoms with Gasteiger partial charge in [0, 0.05) is 19.3 Å². The number of carbonyl (C=O) groups excluding carboxylic acids is 1.